The van der Waals surface area contributed by atoms with E-state index in [0.717, 1.165) is 116 Å². The third kappa shape index (κ3) is 6.30. The van der Waals surface area contributed by atoms with Gasteiger partial charge in [0.2, 0.25) is 0 Å². The largest absolute Gasteiger partial charge is 0.456 e. The van der Waals surface area contributed by atoms with Gasteiger partial charge >= 0.3 is 0 Å². The maximum Gasteiger partial charge on any atom is 0.159 e. The Hall–Kier alpha value is -8.86. The van der Waals surface area contributed by atoms with E-state index in [1.165, 1.54) is 5.39 Å². The normalized spacial score (nSPS) is 11.6. The van der Waals surface area contributed by atoms with Crippen molar-refractivity contribution in [3.8, 4) is 22.3 Å². The molecule has 0 saturated heterocycles. The van der Waals surface area contributed by atoms with E-state index in [9.17, 15) is 0 Å². The highest BCUT2D eigenvalue weighted by molar-refractivity contribution is 6.21. The average molecular weight is 845 g/mol. The fourth-order valence-corrected chi connectivity index (χ4v) is 9.90. The second-order valence-corrected chi connectivity index (χ2v) is 16.9. The minimum Gasteiger partial charge on any atom is -0.456 e. The van der Waals surface area contributed by atoms with Crippen LogP contribution in [0, 0.1) is 0 Å². The van der Waals surface area contributed by atoms with Crippen molar-refractivity contribution in [2.24, 2.45) is 0 Å². The number of nitrogens with zero attached hydrogens (tertiary/aromatic N) is 2. The third-order valence-electron chi connectivity index (χ3n) is 13.0. The smallest absolute Gasteiger partial charge is 0.159 e. The summed E-state index contributed by atoms with van der Waals surface area (Å²) >= 11 is 0. The highest BCUT2D eigenvalue weighted by Crippen LogP contribution is 2.52. The Morgan fingerprint density at radius 2 is 0.818 bits per heavy atom. The Balaban J connectivity index is 1.17. The predicted molar refractivity (Wildman–Crippen MR) is 276 cm³/mol. The Morgan fingerprint density at radius 3 is 1.56 bits per heavy atom. The third-order valence-corrected chi connectivity index (χ3v) is 13.0. The van der Waals surface area contributed by atoms with Gasteiger partial charge in [-0.2, -0.15) is 0 Å². The molecule has 2 aromatic heterocycles. The number of furan rings is 2. The summed E-state index contributed by atoms with van der Waals surface area (Å²) in [5, 5.41) is 8.86. The number of rotatable bonds is 8. The fourth-order valence-electron chi connectivity index (χ4n) is 9.90. The Morgan fingerprint density at radius 1 is 0.258 bits per heavy atom. The van der Waals surface area contributed by atoms with Crippen LogP contribution in [-0.4, -0.2) is 0 Å². The topological polar surface area (TPSA) is 32.8 Å². The van der Waals surface area contributed by atoms with Crippen LogP contribution in [0.1, 0.15) is 0 Å². The number of fused-ring (bicyclic) bond motifs is 9. The van der Waals surface area contributed by atoms with Crippen molar-refractivity contribution in [2.75, 3.05) is 9.80 Å². The molecule has 66 heavy (non-hydrogen) atoms. The second kappa shape index (κ2) is 15.4. The molecule has 0 spiro atoms. The fraction of sp³-hybridized carbons (Fsp3) is 0. The van der Waals surface area contributed by atoms with Crippen LogP contribution in [0.25, 0.3) is 87.7 Å². The molecule has 0 fully saturated rings. The van der Waals surface area contributed by atoms with Gasteiger partial charge in [0.1, 0.15) is 16.7 Å². The molecule has 13 rings (SSSR count). The van der Waals surface area contributed by atoms with Crippen LogP contribution in [0.4, 0.5) is 34.1 Å². The molecular formula is C62H40N2O2. The summed E-state index contributed by atoms with van der Waals surface area (Å²) in [6.07, 6.45) is 0. The van der Waals surface area contributed by atoms with Gasteiger partial charge in [0.25, 0.3) is 0 Å². The molecule has 0 saturated carbocycles. The minimum atomic E-state index is 0.790. The van der Waals surface area contributed by atoms with Crippen LogP contribution in [0.2, 0.25) is 0 Å². The molecule has 0 N–H and O–H groups in total. The molecular weight excluding hydrogens is 805 g/mol. The summed E-state index contributed by atoms with van der Waals surface area (Å²) in [5.74, 6) is 0. The predicted octanol–water partition coefficient (Wildman–Crippen LogP) is 18.1. The number of hydrogen-bond acceptors (Lipinski definition) is 4. The van der Waals surface area contributed by atoms with Crippen LogP contribution < -0.4 is 9.80 Å². The molecule has 0 atom stereocenters. The Labute approximate surface area is 381 Å². The van der Waals surface area contributed by atoms with E-state index >= 15 is 0 Å². The first-order valence-corrected chi connectivity index (χ1v) is 22.4. The molecule has 2 heterocycles. The molecule has 13 aromatic rings. The van der Waals surface area contributed by atoms with E-state index in [1.54, 1.807) is 0 Å². The summed E-state index contributed by atoms with van der Waals surface area (Å²) in [5.41, 5.74) is 13.6. The zero-order valence-corrected chi connectivity index (χ0v) is 35.8. The van der Waals surface area contributed by atoms with Gasteiger partial charge in [-0.3, -0.25) is 0 Å². The van der Waals surface area contributed by atoms with Gasteiger partial charge in [-0.15, -0.1) is 0 Å². The summed E-state index contributed by atoms with van der Waals surface area (Å²) in [6, 6.07) is 86.5. The van der Waals surface area contributed by atoms with Crippen molar-refractivity contribution in [3.63, 3.8) is 0 Å². The van der Waals surface area contributed by atoms with Crippen LogP contribution in [0.15, 0.2) is 251 Å². The molecule has 0 amide bonds. The van der Waals surface area contributed by atoms with Crippen LogP contribution >= 0.6 is 0 Å². The zero-order valence-electron chi connectivity index (χ0n) is 35.8. The lowest BCUT2D eigenvalue weighted by Gasteiger charge is -2.33. The first kappa shape index (κ1) is 37.7. The molecule has 310 valence electrons. The maximum absolute atomic E-state index is 6.96. The highest BCUT2D eigenvalue weighted by atomic mass is 16.3. The van der Waals surface area contributed by atoms with E-state index < -0.39 is 0 Å². The van der Waals surface area contributed by atoms with E-state index in [0.29, 0.717) is 0 Å². The Kier molecular flexibility index (Phi) is 8.81. The van der Waals surface area contributed by atoms with Crippen LogP contribution in [0.5, 0.6) is 0 Å². The maximum atomic E-state index is 6.96. The molecule has 0 radical (unpaired) electrons. The number of anilines is 6. The minimum absolute atomic E-state index is 0.790. The van der Waals surface area contributed by atoms with Gasteiger partial charge < -0.3 is 18.6 Å². The molecule has 0 aliphatic heterocycles. The molecule has 11 aromatic carbocycles. The summed E-state index contributed by atoms with van der Waals surface area (Å²) < 4.78 is 13.9. The van der Waals surface area contributed by atoms with E-state index in [4.69, 9.17) is 8.83 Å². The second-order valence-electron chi connectivity index (χ2n) is 16.9. The lowest BCUT2D eigenvalue weighted by Crippen LogP contribution is -2.17. The van der Waals surface area contributed by atoms with E-state index in [1.807, 2.05) is 6.07 Å². The highest BCUT2D eigenvalue weighted by Gasteiger charge is 2.28. The van der Waals surface area contributed by atoms with Crippen molar-refractivity contribution >= 4 is 99.5 Å². The van der Waals surface area contributed by atoms with Crippen molar-refractivity contribution in [2.45, 2.75) is 0 Å². The van der Waals surface area contributed by atoms with Gasteiger partial charge in [0.15, 0.2) is 5.58 Å². The standard InChI is InChI=1S/C62H40N2O2/c1-3-16-41(17-4-1)46-23-13-25-48(36-46)63(49-26-14-24-47(37-49)42-18-5-2-6-19-42)56-39-54-60(65-59-35-33-44-21-9-10-27-51(44)61(54)59)40-57(56)64(50-34-32-43-20-7-8-22-45(43)38-50)55-30-15-29-53-52-28-11-12-31-58(52)66-62(53)55/h1-40H. The monoisotopic (exact) mass is 844 g/mol. The molecule has 0 bridgehead atoms. The summed E-state index contributed by atoms with van der Waals surface area (Å²) in [4.78, 5) is 4.79. The number of hydrogen-bond donors (Lipinski definition) is 0. The molecule has 0 aliphatic carbocycles. The van der Waals surface area contributed by atoms with Gasteiger partial charge in [-0.1, -0.05) is 176 Å². The lowest BCUT2D eigenvalue weighted by atomic mass is 10.00. The zero-order chi connectivity index (χ0) is 43.6. The van der Waals surface area contributed by atoms with Crippen LogP contribution in [0.3, 0.4) is 0 Å². The molecule has 4 heteroatoms. The van der Waals surface area contributed by atoms with Gasteiger partial charge in [0, 0.05) is 44.7 Å². The van der Waals surface area contributed by atoms with Crippen molar-refractivity contribution in [3.05, 3.63) is 243 Å². The van der Waals surface area contributed by atoms with Crippen molar-refractivity contribution < 1.29 is 8.83 Å². The van der Waals surface area contributed by atoms with Gasteiger partial charge in [0.05, 0.1) is 17.1 Å². The molecule has 0 unspecified atom stereocenters. The van der Waals surface area contributed by atoms with Crippen molar-refractivity contribution in [1.82, 2.24) is 0 Å². The Bertz CT molecular complexity index is 3880. The van der Waals surface area contributed by atoms with Gasteiger partial charge in [-0.25, -0.2) is 0 Å². The van der Waals surface area contributed by atoms with E-state index in [2.05, 4.69) is 246 Å². The SMILES string of the molecule is c1ccc(-c2cccc(N(c3cccc(-c4ccccc4)c3)c3cc4c(cc3N(c3ccc5ccccc5c3)c3cccc5c3oc3ccccc35)oc3ccc5ccccc5c34)c2)cc1. The molecule has 0 aliphatic rings. The quantitative estimate of drug-likeness (QED) is 0.153. The van der Waals surface area contributed by atoms with Crippen LogP contribution in [-0.2, 0) is 0 Å². The summed E-state index contributed by atoms with van der Waals surface area (Å²) in [7, 11) is 0. The number of para-hydroxylation sites is 2. The lowest BCUT2D eigenvalue weighted by molar-refractivity contribution is 0.667. The van der Waals surface area contributed by atoms with Gasteiger partial charge in [-0.05, 0) is 104 Å². The molecule has 4 nitrogen and oxygen atoms in total. The number of benzene rings is 11. The first-order valence-electron chi connectivity index (χ1n) is 22.4. The van der Waals surface area contributed by atoms with Crippen molar-refractivity contribution in [1.29, 1.82) is 0 Å². The average Bonchev–Trinajstić information content (AvgIpc) is 3.96. The van der Waals surface area contributed by atoms with E-state index in [-0.39, 0.29) is 0 Å². The summed E-state index contributed by atoms with van der Waals surface area (Å²) in [6.45, 7) is 0. The first-order chi connectivity index (χ1) is 32.7.